The van der Waals surface area contributed by atoms with E-state index in [0.717, 1.165) is 22.7 Å². The summed E-state index contributed by atoms with van der Waals surface area (Å²) in [5, 5.41) is 5.02. The number of alkyl halides is 3. The van der Waals surface area contributed by atoms with Crippen LogP contribution in [0.3, 0.4) is 0 Å². The zero-order valence-corrected chi connectivity index (χ0v) is 13.8. The largest absolute Gasteiger partial charge is 0.416 e. The smallest absolute Gasteiger partial charge is 0.289 e. The lowest BCUT2D eigenvalue weighted by molar-refractivity contribution is -0.137. The monoisotopic (exact) mass is 360 g/mol. The Bertz CT molecular complexity index is 905. The van der Waals surface area contributed by atoms with Crippen LogP contribution in [0, 0.1) is 6.92 Å². The minimum absolute atomic E-state index is 0.0103. The van der Waals surface area contributed by atoms with E-state index in [1.807, 2.05) is 25.1 Å². The van der Waals surface area contributed by atoms with Crippen molar-refractivity contribution in [1.29, 1.82) is 0 Å². The molecule has 0 aromatic heterocycles. The summed E-state index contributed by atoms with van der Waals surface area (Å²) < 4.78 is 38.6. The van der Waals surface area contributed by atoms with Crippen LogP contribution >= 0.6 is 0 Å². The number of rotatable bonds is 3. The van der Waals surface area contributed by atoms with Crippen LogP contribution in [0.1, 0.15) is 11.1 Å². The van der Waals surface area contributed by atoms with Crippen molar-refractivity contribution in [3.05, 3.63) is 71.9 Å². The van der Waals surface area contributed by atoms with Crippen LogP contribution in [0.15, 0.2) is 65.9 Å². The van der Waals surface area contributed by atoms with Crippen LogP contribution in [0.5, 0.6) is 0 Å². The van der Waals surface area contributed by atoms with Crippen molar-refractivity contribution in [3.8, 4) is 0 Å². The van der Waals surface area contributed by atoms with Gasteiger partial charge in [-0.1, -0.05) is 24.8 Å². The molecule has 0 unspecified atom stereocenters. The summed E-state index contributed by atoms with van der Waals surface area (Å²) in [4.78, 5) is 12.5. The van der Waals surface area contributed by atoms with Crippen molar-refractivity contribution in [3.63, 3.8) is 0 Å². The summed E-state index contributed by atoms with van der Waals surface area (Å²) >= 11 is 0. The third-order valence-electron chi connectivity index (χ3n) is 3.68. The molecule has 2 aromatic rings. The van der Waals surface area contributed by atoms with E-state index < -0.39 is 17.6 Å². The second-order valence-electron chi connectivity index (χ2n) is 5.72. The number of carbonyl (C=O) groups is 1. The lowest BCUT2D eigenvalue weighted by Crippen LogP contribution is -2.34. The molecule has 1 amide bonds. The fraction of sp³-hybridized carbons (Fsp3) is 0.111. The molecule has 8 heteroatoms. The summed E-state index contributed by atoms with van der Waals surface area (Å²) in [6, 6.07) is 11.8. The SMILES string of the molecule is C=C1NN(c2cccc(C(F)(F)F)c2)C(=O)/C1=N/Nc1cccc(C)c1. The zero-order chi connectivity index (χ0) is 18.9. The Morgan fingerprint density at radius 3 is 2.58 bits per heavy atom. The third-order valence-corrected chi connectivity index (χ3v) is 3.68. The van der Waals surface area contributed by atoms with Gasteiger partial charge in [-0.3, -0.25) is 15.6 Å². The number of nitrogens with zero attached hydrogens (tertiary/aromatic N) is 2. The molecule has 1 aliphatic rings. The maximum absolute atomic E-state index is 12.9. The molecule has 0 bridgehead atoms. The highest BCUT2D eigenvalue weighted by Gasteiger charge is 2.35. The predicted molar refractivity (Wildman–Crippen MR) is 93.4 cm³/mol. The molecule has 0 saturated carbocycles. The summed E-state index contributed by atoms with van der Waals surface area (Å²) in [6.45, 7) is 5.61. The standard InChI is InChI=1S/C18H15F3N4O/c1-11-5-3-7-14(9-11)22-23-16-12(2)24-25(17(16)26)15-8-4-6-13(10-15)18(19,20)21/h3-10,22,24H,2H2,1H3/b23-16+. The lowest BCUT2D eigenvalue weighted by atomic mass is 10.2. The number of halogens is 3. The Kier molecular flexibility index (Phi) is 4.41. The molecule has 134 valence electrons. The molecular formula is C18H15F3N4O. The Labute approximate surface area is 147 Å². The Balaban J connectivity index is 1.84. The molecule has 0 spiro atoms. The number of nitrogens with one attached hydrogen (secondary N) is 2. The number of carbonyl (C=O) groups excluding carboxylic acids is 1. The van der Waals surface area contributed by atoms with Crippen molar-refractivity contribution in [2.24, 2.45) is 5.10 Å². The summed E-state index contributed by atoms with van der Waals surface area (Å²) in [5.41, 5.74) is 6.47. The molecule has 0 aliphatic carbocycles. The van der Waals surface area contributed by atoms with E-state index in [-0.39, 0.29) is 17.1 Å². The van der Waals surface area contributed by atoms with Crippen molar-refractivity contribution in [2.75, 3.05) is 10.4 Å². The molecule has 1 fully saturated rings. The van der Waals surface area contributed by atoms with E-state index in [0.29, 0.717) is 5.69 Å². The highest BCUT2D eigenvalue weighted by atomic mass is 19.4. The van der Waals surface area contributed by atoms with E-state index in [9.17, 15) is 18.0 Å². The number of anilines is 2. The fourth-order valence-corrected chi connectivity index (χ4v) is 2.43. The van der Waals surface area contributed by atoms with E-state index in [4.69, 9.17) is 0 Å². The number of hydrogen-bond acceptors (Lipinski definition) is 4. The quantitative estimate of drug-likeness (QED) is 0.818. The van der Waals surface area contributed by atoms with Gasteiger partial charge in [-0.15, -0.1) is 0 Å². The van der Waals surface area contributed by atoms with E-state index >= 15 is 0 Å². The first kappa shape index (κ1) is 17.5. The number of benzene rings is 2. The molecule has 5 nitrogen and oxygen atoms in total. The Hall–Kier alpha value is -3.29. The summed E-state index contributed by atoms with van der Waals surface area (Å²) in [7, 11) is 0. The van der Waals surface area contributed by atoms with Crippen molar-refractivity contribution in [2.45, 2.75) is 13.1 Å². The van der Waals surface area contributed by atoms with E-state index in [1.165, 1.54) is 12.1 Å². The number of amides is 1. The molecule has 0 radical (unpaired) electrons. The van der Waals surface area contributed by atoms with Gasteiger partial charge in [-0.25, -0.2) is 5.01 Å². The van der Waals surface area contributed by atoms with Gasteiger partial charge in [0.1, 0.15) is 0 Å². The molecule has 1 saturated heterocycles. The van der Waals surface area contributed by atoms with Crippen molar-refractivity contribution < 1.29 is 18.0 Å². The molecule has 1 heterocycles. The first-order valence-electron chi connectivity index (χ1n) is 7.64. The van der Waals surface area contributed by atoms with E-state index in [1.54, 1.807) is 6.07 Å². The predicted octanol–water partition coefficient (Wildman–Crippen LogP) is 3.85. The summed E-state index contributed by atoms with van der Waals surface area (Å²) in [6.07, 6.45) is -4.50. The van der Waals surface area contributed by atoms with E-state index in [2.05, 4.69) is 22.5 Å². The average molecular weight is 360 g/mol. The normalized spacial score (nSPS) is 16.2. The lowest BCUT2D eigenvalue weighted by Gasteiger charge is -2.17. The Morgan fingerprint density at radius 1 is 1.15 bits per heavy atom. The van der Waals surface area contributed by atoms with Crippen molar-refractivity contribution >= 4 is 23.0 Å². The molecule has 2 N–H and O–H groups in total. The van der Waals surface area contributed by atoms with Crippen LogP contribution in [0.2, 0.25) is 0 Å². The number of hydrogen-bond donors (Lipinski definition) is 2. The van der Waals surface area contributed by atoms with Crippen LogP contribution < -0.4 is 15.9 Å². The van der Waals surface area contributed by atoms with Gasteiger partial charge in [-0.05, 0) is 42.8 Å². The molecule has 3 rings (SSSR count). The third kappa shape index (κ3) is 3.53. The topological polar surface area (TPSA) is 56.7 Å². The number of hydrazone groups is 1. The van der Waals surface area contributed by atoms with Gasteiger partial charge in [0.15, 0.2) is 5.71 Å². The molecule has 1 aliphatic heterocycles. The van der Waals surface area contributed by atoms with Gasteiger partial charge in [0.05, 0.1) is 22.6 Å². The minimum Gasteiger partial charge on any atom is -0.289 e. The van der Waals surface area contributed by atoms with Crippen LogP contribution in [0.4, 0.5) is 24.5 Å². The Morgan fingerprint density at radius 2 is 1.88 bits per heavy atom. The van der Waals surface area contributed by atoms with Gasteiger partial charge in [-0.2, -0.15) is 18.3 Å². The van der Waals surface area contributed by atoms with Crippen LogP contribution in [-0.4, -0.2) is 11.6 Å². The number of hydrazine groups is 1. The molecule has 0 atom stereocenters. The van der Waals surface area contributed by atoms with Crippen LogP contribution in [-0.2, 0) is 11.0 Å². The average Bonchev–Trinajstić information content (AvgIpc) is 2.87. The first-order chi connectivity index (χ1) is 12.3. The van der Waals surface area contributed by atoms with Crippen LogP contribution in [0.25, 0.3) is 0 Å². The van der Waals surface area contributed by atoms with Gasteiger partial charge in [0.2, 0.25) is 0 Å². The fourth-order valence-electron chi connectivity index (χ4n) is 2.43. The zero-order valence-electron chi connectivity index (χ0n) is 13.8. The highest BCUT2D eigenvalue weighted by Crippen LogP contribution is 2.32. The summed E-state index contributed by atoms with van der Waals surface area (Å²) in [5.74, 6) is -0.602. The second-order valence-corrected chi connectivity index (χ2v) is 5.72. The van der Waals surface area contributed by atoms with Gasteiger partial charge in [0.25, 0.3) is 5.91 Å². The highest BCUT2D eigenvalue weighted by molar-refractivity contribution is 6.51. The van der Waals surface area contributed by atoms with Crippen molar-refractivity contribution in [1.82, 2.24) is 5.43 Å². The second kappa shape index (κ2) is 6.55. The molecule has 26 heavy (non-hydrogen) atoms. The minimum atomic E-state index is -4.50. The van der Waals surface area contributed by atoms with Gasteiger partial charge < -0.3 is 0 Å². The maximum Gasteiger partial charge on any atom is 0.416 e. The molecule has 2 aromatic carbocycles. The first-order valence-corrected chi connectivity index (χ1v) is 7.64. The maximum atomic E-state index is 12.9. The van der Waals surface area contributed by atoms with Gasteiger partial charge >= 0.3 is 6.18 Å². The number of aryl methyl sites for hydroxylation is 1. The van der Waals surface area contributed by atoms with Gasteiger partial charge in [0, 0.05) is 0 Å². The molecular weight excluding hydrogens is 345 g/mol.